The topological polar surface area (TPSA) is 44.1 Å². The van der Waals surface area contributed by atoms with Crippen molar-refractivity contribution >= 4 is 5.78 Å². The maximum atomic E-state index is 11.5. The SMILES string of the molecule is CCC(=O)c1ccc(OCc2cnn(CC)c2)cc1. The standard InChI is InChI=1S/C15H18N2O2/c1-3-15(18)13-5-7-14(8-6-13)19-11-12-9-16-17(4-2)10-12/h5-10H,3-4,11H2,1-2H3. The monoisotopic (exact) mass is 258 g/mol. The lowest BCUT2D eigenvalue weighted by atomic mass is 10.1. The first-order chi connectivity index (χ1) is 9.22. The Morgan fingerprint density at radius 1 is 1.26 bits per heavy atom. The minimum atomic E-state index is 0.149. The van der Waals surface area contributed by atoms with Crippen LogP contribution in [0.4, 0.5) is 0 Å². The van der Waals surface area contributed by atoms with Crippen LogP contribution < -0.4 is 4.74 Å². The largest absolute Gasteiger partial charge is 0.489 e. The number of rotatable bonds is 6. The third-order valence-electron chi connectivity index (χ3n) is 2.91. The Balaban J connectivity index is 1.94. The molecule has 0 aliphatic rings. The Morgan fingerprint density at radius 3 is 2.58 bits per heavy atom. The van der Waals surface area contributed by atoms with Crippen LogP contribution in [0.15, 0.2) is 36.7 Å². The number of benzene rings is 1. The van der Waals surface area contributed by atoms with Crippen LogP contribution in [0.5, 0.6) is 5.75 Å². The van der Waals surface area contributed by atoms with Crippen molar-refractivity contribution in [2.24, 2.45) is 0 Å². The van der Waals surface area contributed by atoms with Crippen molar-refractivity contribution in [3.8, 4) is 5.75 Å². The van der Waals surface area contributed by atoms with Crippen molar-refractivity contribution in [3.05, 3.63) is 47.8 Å². The smallest absolute Gasteiger partial charge is 0.162 e. The molecule has 2 rings (SSSR count). The average molecular weight is 258 g/mol. The first-order valence-electron chi connectivity index (χ1n) is 6.50. The predicted molar refractivity (Wildman–Crippen MR) is 73.3 cm³/mol. The van der Waals surface area contributed by atoms with Gasteiger partial charge >= 0.3 is 0 Å². The van der Waals surface area contributed by atoms with Crippen molar-refractivity contribution in [3.63, 3.8) is 0 Å². The van der Waals surface area contributed by atoms with Gasteiger partial charge in [-0.3, -0.25) is 9.48 Å². The van der Waals surface area contributed by atoms with E-state index >= 15 is 0 Å². The lowest BCUT2D eigenvalue weighted by Gasteiger charge is -2.05. The van der Waals surface area contributed by atoms with E-state index in [-0.39, 0.29) is 5.78 Å². The third kappa shape index (κ3) is 3.44. The number of ether oxygens (including phenoxy) is 1. The Bertz CT molecular complexity index is 544. The summed E-state index contributed by atoms with van der Waals surface area (Å²) in [7, 11) is 0. The summed E-state index contributed by atoms with van der Waals surface area (Å²) in [5.41, 5.74) is 1.77. The van der Waals surface area contributed by atoms with Gasteiger partial charge in [0.1, 0.15) is 12.4 Å². The van der Waals surface area contributed by atoms with Crippen LogP contribution in [0, 0.1) is 0 Å². The van der Waals surface area contributed by atoms with Gasteiger partial charge in [-0.1, -0.05) is 6.92 Å². The maximum Gasteiger partial charge on any atom is 0.162 e. The van der Waals surface area contributed by atoms with Crippen molar-refractivity contribution in [1.29, 1.82) is 0 Å². The lowest BCUT2D eigenvalue weighted by molar-refractivity contribution is 0.0988. The first-order valence-corrected chi connectivity index (χ1v) is 6.50. The molecule has 4 heteroatoms. The van der Waals surface area contributed by atoms with Gasteiger partial charge in [0.2, 0.25) is 0 Å². The summed E-state index contributed by atoms with van der Waals surface area (Å²) in [6.07, 6.45) is 4.30. The van der Waals surface area contributed by atoms with Gasteiger partial charge in [-0.2, -0.15) is 5.10 Å². The van der Waals surface area contributed by atoms with Gasteiger partial charge in [0.25, 0.3) is 0 Å². The van der Waals surface area contributed by atoms with E-state index in [1.54, 1.807) is 18.3 Å². The van der Waals surface area contributed by atoms with Gasteiger partial charge in [0, 0.05) is 30.3 Å². The van der Waals surface area contributed by atoms with E-state index in [2.05, 4.69) is 5.10 Å². The summed E-state index contributed by atoms with van der Waals surface area (Å²) in [6, 6.07) is 7.26. The number of aromatic nitrogens is 2. The summed E-state index contributed by atoms with van der Waals surface area (Å²) in [5, 5.41) is 4.19. The van der Waals surface area contributed by atoms with Crippen molar-refractivity contribution in [2.45, 2.75) is 33.4 Å². The predicted octanol–water partition coefficient (Wildman–Crippen LogP) is 3.07. The molecular formula is C15H18N2O2. The molecule has 0 saturated carbocycles. The zero-order valence-electron chi connectivity index (χ0n) is 11.3. The second-order valence-corrected chi connectivity index (χ2v) is 4.29. The first kappa shape index (κ1) is 13.3. The van der Waals surface area contributed by atoms with Crippen LogP contribution in [-0.4, -0.2) is 15.6 Å². The molecule has 1 aromatic carbocycles. The van der Waals surface area contributed by atoms with Gasteiger partial charge in [0.15, 0.2) is 5.78 Å². The van der Waals surface area contributed by atoms with Gasteiger partial charge in [-0.05, 0) is 31.2 Å². The number of hydrogen-bond acceptors (Lipinski definition) is 3. The summed E-state index contributed by atoms with van der Waals surface area (Å²) >= 11 is 0. The van der Waals surface area contributed by atoms with Crippen molar-refractivity contribution in [2.75, 3.05) is 0 Å². The zero-order valence-corrected chi connectivity index (χ0v) is 11.3. The highest BCUT2D eigenvalue weighted by Gasteiger charge is 2.03. The molecule has 0 bridgehead atoms. The van der Waals surface area contributed by atoms with Crippen LogP contribution in [0.3, 0.4) is 0 Å². The quantitative estimate of drug-likeness (QED) is 0.748. The molecule has 0 unspecified atom stereocenters. The fourth-order valence-electron chi connectivity index (χ4n) is 1.76. The maximum absolute atomic E-state index is 11.5. The second-order valence-electron chi connectivity index (χ2n) is 4.29. The number of ketones is 1. The average Bonchev–Trinajstić information content (AvgIpc) is 2.93. The minimum absolute atomic E-state index is 0.149. The molecule has 0 spiro atoms. The minimum Gasteiger partial charge on any atom is -0.489 e. The number of aryl methyl sites for hydroxylation is 1. The van der Waals surface area contributed by atoms with Crippen LogP contribution >= 0.6 is 0 Å². The molecule has 0 atom stereocenters. The van der Waals surface area contributed by atoms with Gasteiger partial charge in [-0.15, -0.1) is 0 Å². The number of carbonyl (C=O) groups excluding carboxylic acids is 1. The highest BCUT2D eigenvalue weighted by molar-refractivity contribution is 5.95. The van der Waals surface area contributed by atoms with Crippen molar-refractivity contribution < 1.29 is 9.53 Å². The molecule has 4 nitrogen and oxygen atoms in total. The van der Waals surface area contributed by atoms with E-state index in [0.717, 1.165) is 23.4 Å². The molecule has 100 valence electrons. The van der Waals surface area contributed by atoms with Crippen LogP contribution in [0.1, 0.15) is 36.2 Å². The van der Waals surface area contributed by atoms with E-state index in [1.165, 1.54) is 0 Å². The van der Waals surface area contributed by atoms with E-state index in [9.17, 15) is 4.79 Å². The van der Waals surface area contributed by atoms with E-state index in [4.69, 9.17) is 4.74 Å². The second kappa shape index (κ2) is 6.18. The normalized spacial score (nSPS) is 10.4. The molecule has 1 heterocycles. The molecule has 0 amide bonds. The summed E-state index contributed by atoms with van der Waals surface area (Å²) in [5.74, 6) is 0.910. The van der Waals surface area contributed by atoms with Gasteiger partial charge in [0.05, 0.1) is 6.20 Å². The van der Waals surface area contributed by atoms with Crippen molar-refractivity contribution in [1.82, 2.24) is 9.78 Å². The molecule has 0 radical (unpaired) electrons. The van der Waals surface area contributed by atoms with E-state index < -0.39 is 0 Å². The summed E-state index contributed by atoms with van der Waals surface area (Å²) in [6.45, 7) is 5.24. The van der Waals surface area contributed by atoms with Crippen LogP contribution in [-0.2, 0) is 13.2 Å². The number of hydrogen-bond donors (Lipinski definition) is 0. The molecule has 19 heavy (non-hydrogen) atoms. The summed E-state index contributed by atoms with van der Waals surface area (Å²) < 4.78 is 7.52. The zero-order chi connectivity index (χ0) is 13.7. The fourth-order valence-corrected chi connectivity index (χ4v) is 1.76. The fraction of sp³-hybridized carbons (Fsp3) is 0.333. The number of carbonyl (C=O) groups is 1. The molecular weight excluding hydrogens is 240 g/mol. The van der Waals surface area contributed by atoms with Gasteiger partial charge in [-0.25, -0.2) is 0 Å². The molecule has 0 aliphatic heterocycles. The van der Waals surface area contributed by atoms with Gasteiger partial charge < -0.3 is 4.74 Å². The summed E-state index contributed by atoms with van der Waals surface area (Å²) in [4.78, 5) is 11.5. The molecule has 0 aliphatic carbocycles. The Kier molecular flexibility index (Phi) is 4.34. The van der Waals surface area contributed by atoms with Crippen LogP contribution in [0.2, 0.25) is 0 Å². The molecule has 2 aromatic rings. The number of Topliss-reactive ketones (excluding diaryl/α,β-unsaturated/α-hetero) is 1. The third-order valence-corrected chi connectivity index (χ3v) is 2.91. The van der Waals surface area contributed by atoms with E-state index in [1.807, 2.05) is 36.9 Å². The highest BCUT2D eigenvalue weighted by atomic mass is 16.5. The number of nitrogens with zero attached hydrogens (tertiary/aromatic N) is 2. The lowest BCUT2D eigenvalue weighted by Crippen LogP contribution is -1.98. The highest BCUT2D eigenvalue weighted by Crippen LogP contribution is 2.15. The Labute approximate surface area is 113 Å². The molecule has 0 saturated heterocycles. The Morgan fingerprint density at radius 2 is 2.00 bits per heavy atom. The van der Waals surface area contributed by atoms with Crippen LogP contribution in [0.25, 0.3) is 0 Å². The Hall–Kier alpha value is -2.10. The van der Waals surface area contributed by atoms with E-state index in [0.29, 0.717) is 13.0 Å². The molecule has 0 N–H and O–H groups in total. The molecule has 1 aromatic heterocycles. The molecule has 0 fully saturated rings.